The van der Waals surface area contributed by atoms with Crippen LogP contribution in [0, 0.1) is 5.41 Å². The molecule has 0 rings (SSSR count). The lowest BCUT2D eigenvalue weighted by Gasteiger charge is -2.29. The van der Waals surface area contributed by atoms with Crippen LogP contribution in [0.3, 0.4) is 0 Å². The molecule has 0 aliphatic heterocycles. The third-order valence-electron chi connectivity index (χ3n) is 2.61. The average molecular weight is 274 g/mol. The second-order valence-corrected chi connectivity index (χ2v) is 5.33. The molecule has 0 aromatic rings. The van der Waals surface area contributed by atoms with E-state index in [1.165, 1.54) is 19.1 Å². The number of methoxy groups -OCH3 is 1. The molecule has 0 saturated carbocycles. The maximum atomic E-state index is 11.8. The third kappa shape index (κ3) is 6.08. The summed E-state index contributed by atoms with van der Waals surface area (Å²) in [6, 6.07) is -1.54. The lowest BCUT2D eigenvalue weighted by Crippen LogP contribution is -2.52. The minimum absolute atomic E-state index is 0.0632. The van der Waals surface area contributed by atoms with Crippen LogP contribution < -0.4 is 5.32 Å². The predicted molar refractivity (Wildman–Crippen MR) is 68.7 cm³/mol. The molecule has 2 N–H and O–H groups in total. The minimum Gasteiger partial charge on any atom is -0.480 e. The van der Waals surface area contributed by atoms with Crippen molar-refractivity contribution in [2.24, 2.45) is 5.41 Å². The van der Waals surface area contributed by atoms with Gasteiger partial charge in [-0.25, -0.2) is 9.59 Å². The Bertz CT molecular complexity index is 349. The van der Waals surface area contributed by atoms with Crippen LogP contribution in [0.2, 0.25) is 0 Å². The van der Waals surface area contributed by atoms with E-state index in [-0.39, 0.29) is 13.0 Å². The van der Waals surface area contributed by atoms with Crippen LogP contribution in [0.25, 0.3) is 0 Å². The molecule has 0 aromatic heterocycles. The maximum absolute atomic E-state index is 11.8. The Morgan fingerprint density at radius 2 is 1.84 bits per heavy atom. The molecule has 1 atom stereocenters. The quantitative estimate of drug-likeness (QED) is 0.719. The third-order valence-corrected chi connectivity index (χ3v) is 2.61. The Kier molecular flexibility index (Phi) is 6.31. The van der Waals surface area contributed by atoms with Crippen LogP contribution in [-0.2, 0) is 14.3 Å². The smallest absolute Gasteiger partial charge is 0.326 e. The Morgan fingerprint density at radius 1 is 1.32 bits per heavy atom. The summed E-state index contributed by atoms with van der Waals surface area (Å²) in [7, 11) is 2.75. The monoisotopic (exact) mass is 274 g/mol. The number of nitrogens with zero attached hydrogens (tertiary/aromatic N) is 1. The van der Waals surface area contributed by atoms with Gasteiger partial charge in [-0.15, -0.1) is 0 Å². The van der Waals surface area contributed by atoms with Gasteiger partial charge in [-0.2, -0.15) is 0 Å². The second kappa shape index (κ2) is 6.96. The van der Waals surface area contributed by atoms with Crippen molar-refractivity contribution in [2.45, 2.75) is 33.2 Å². The van der Waals surface area contributed by atoms with Gasteiger partial charge in [0, 0.05) is 13.6 Å². The molecule has 19 heavy (non-hydrogen) atoms. The number of ether oxygens (including phenoxy) is 1. The van der Waals surface area contributed by atoms with Gasteiger partial charge in [-0.3, -0.25) is 4.79 Å². The zero-order valence-electron chi connectivity index (χ0n) is 12.0. The van der Waals surface area contributed by atoms with Gasteiger partial charge >= 0.3 is 18.0 Å². The molecule has 0 aliphatic carbocycles. The van der Waals surface area contributed by atoms with Gasteiger partial charge in [-0.1, -0.05) is 20.8 Å². The van der Waals surface area contributed by atoms with Gasteiger partial charge in [0.05, 0.1) is 13.5 Å². The highest BCUT2D eigenvalue weighted by Crippen LogP contribution is 2.19. The van der Waals surface area contributed by atoms with Crippen LogP contribution in [-0.4, -0.2) is 54.7 Å². The van der Waals surface area contributed by atoms with Gasteiger partial charge in [0.15, 0.2) is 0 Å². The first-order valence-corrected chi connectivity index (χ1v) is 5.90. The number of carbonyl (C=O) groups excluding carboxylic acids is 2. The van der Waals surface area contributed by atoms with E-state index in [0.717, 1.165) is 0 Å². The SMILES string of the molecule is COC(=O)CCN(C)C(=O)N[C@H](C(=O)O)C(C)(C)C. The first-order chi connectivity index (χ1) is 8.59. The average Bonchev–Trinajstić information content (AvgIpc) is 2.29. The zero-order valence-corrected chi connectivity index (χ0v) is 12.0. The minimum atomic E-state index is -1.10. The number of rotatable bonds is 5. The highest BCUT2D eigenvalue weighted by molar-refractivity contribution is 5.83. The summed E-state index contributed by atoms with van der Waals surface area (Å²) in [5, 5.41) is 11.5. The van der Waals surface area contributed by atoms with E-state index < -0.39 is 29.4 Å². The van der Waals surface area contributed by atoms with Crippen molar-refractivity contribution < 1.29 is 24.2 Å². The van der Waals surface area contributed by atoms with Crippen molar-refractivity contribution in [3.63, 3.8) is 0 Å². The van der Waals surface area contributed by atoms with Crippen molar-refractivity contribution >= 4 is 18.0 Å². The number of nitrogens with one attached hydrogen (secondary N) is 1. The molecule has 0 unspecified atom stereocenters. The number of carboxylic acid groups (broad SMARTS) is 1. The molecular formula is C12H22N2O5. The summed E-state index contributed by atoms with van der Waals surface area (Å²) in [6.45, 7) is 5.33. The number of amides is 2. The van der Waals surface area contributed by atoms with Crippen molar-refractivity contribution in [2.75, 3.05) is 20.7 Å². The molecule has 0 aromatic carbocycles. The van der Waals surface area contributed by atoms with Crippen LogP contribution in [0.1, 0.15) is 27.2 Å². The summed E-state index contributed by atoms with van der Waals surface area (Å²) in [5.41, 5.74) is -0.606. The number of hydrogen-bond donors (Lipinski definition) is 2. The van der Waals surface area contributed by atoms with Gasteiger partial charge in [-0.05, 0) is 5.41 Å². The molecule has 0 bridgehead atoms. The van der Waals surface area contributed by atoms with E-state index in [4.69, 9.17) is 5.11 Å². The van der Waals surface area contributed by atoms with Crippen LogP contribution in [0.15, 0.2) is 0 Å². The number of hydrogen-bond acceptors (Lipinski definition) is 4. The number of carboxylic acids is 1. The van der Waals surface area contributed by atoms with Crippen molar-refractivity contribution in [3.8, 4) is 0 Å². The number of urea groups is 1. The first-order valence-electron chi connectivity index (χ1n) is 5.90. The summed E-state index contributed by atoms with van der Waals surface area (Å²) in [4.78, 5) is 35.1. The van der Waals surface area contributed by atoms with Gasteiger partial charge in [0.1, 0.15) is 6.04 Å². The fourth-order valence-corrected chi connectivity index (χ4v) is 1.34. The lowest BCUT2D eigenvalue weighted by atomic mass is 9.87. The molecule has 0 aliphatic rings. The standard InChI is InChI=1S/C12H22N2O5/c1-12(2,3)9(10(16)17)13-11(18)14(4)7-6-8(15)19-5/h9H,6-7H2,1-5H3,(H,13,18)(H,16,17)/t9-/m1/s1. The molecule has 110 valence electrons. The van der Waals surface area contributed by atoms with Crippen molar-refractivity contribution in [1.82, 2.24) is 10.2 Å². The highest BCUT2D eigenvalue weighted by Gasteiger charge is 2.33. The second-order valence-electron chi connectivity index (χ2n) is 5.33. The van der Waals surface area contributed by atoms with Gasteiger partial charge in [0.25, 0.3) is 0 Å². The van der Waals surface area contributed by atoms with Crippen molar-refractivity contribution in [1.29, 1.82) is 0 Å². The molecular weight excluding hydrogens is 252 g/mol. The fraction of sp³-hybridized carbons (Fsp3) is 0.750. The van der Waals surface area contributed by atoms with E-state index in [0.29, 0.717) is 0 Å². The normalized spacial score (nSPS) is 12.5. The first kappa shape index (κ1) is 17.2. The summed E-state index contributed by atoms with van der Waals surface area (Å²) < 4.78 is 4.46. The van der Waals surface area contributed by atoms with Crippen LogP contribution in [0.5, 0.6) is 0 Å². The summed E-state index contributed by atoms with van der Waals surface area (Å²) in [5.74, 6) is -1.52. The Morgan fingerprint density at radius 3 is 2.21 bits per heavy atom. The van der Waals surface area contributed by atoms with Gasteiger partial charge in [0.2, 0.25) is 0 Å². The maximum Gasteiger partial charge on any atom is 0.326 e. The Labute approximate surface area is 112 Å². The van der Waals surface area contributed by atoms with E-state index >= 15 is 0 Å². The molecule has 0 radical (unpaired) electrons. The molecule has 0 heterocycles. The van der Waals surface area contributed by atoms with E-state index in [1.54, 1.807) is 20.8 Å². The van der Waals surface area contributed by atoms with Crippen molar-refractivity contribution in [3.05, 3.63) is 0 Å². The van der Waals surface area contributed by atoms with E-state index in [1.807, 2.05) is 0 Å². The molecule has 2 amide bonds. The van der Waals surface area contributed by atoms with Crippen LogP contribution >= 0.6 is 0 Å². The largest absolute Gasteiger partial charge is 0.480 e. The molecule has 7 heteroatoms. The number of aliphatic carboxylic acids is 1. The van der Waals surface area contributed by atoms with Crippen LogP contribution in [0.4, 0.5) is 4.79 Å². The molecule has 0 saturated heterocycles. The predicted octanol–water partition coefficient (Wildman–Crippen LogP) is 0.690. The fourth-order valence-electron chi connectivity index (χ4n) is 1.34. The van der Waals surface area contributed by atoms with Gasteiger partial charge < -0.3 is 20.1 Å². The molecule has 0 spiro atoms. The van der Waals surface area contributed by atoms with E-state index in [2.05, 4.69) is 10.1 Å². The Balaban J connectivity index is 4.49. The summed E-state index contributed by atoms with van der Waals surface area (Å²) >= 11 is 0. The molecule has 7 nitrogen and oxygen atoms in total. The highest BCUT2D eigenvalue weighted by atomic mass is 16.5. The molecule has 0 fully saturated rings. The zero-order chi connectivity index (χ0) is 15.2. The topological polar surface area (TPSA) is 95.9 Å². The Hall–Kier alpha value is -1.79. The van der Waals surface area contributed by atoms with E-state index in [9.17, 15) is 14.4 Å². The summed E-state index contributed by atoms with van der Waals surface area (Å²) in [6.07, 6.45) is 0.0632. The lowest BCUT2D eigenvalue weighted by molar-refractivity contribution is -0.142. The number of esters is 1. The number of carbonyl (C=O) groups is 3.